The predicted octanol–water partition coefficient (Wildman–Crippen LogP) is 2.66. The van der Waals surface area contributed by atoms with E-state index in [1.54, 1.807) is 24.1 Å². The highest BCUT2D eigenvalue weighted by Crippen LogP contribution is 2.19. The van der Waals surface area contributed by atoms with E-state index >= 15 is 0 Å². The Morgan fingerprint density at radius 3 is 2.25 bits per heavy atom. The number of amides is 2. The number of hydrogen-bond acceptors (Lipinski definition) is 4. The minimum atomic E-state index is -0.0204. The number of piperazine rings is 1. The zero-order chi connectivity index (χ0) is 17.1. The lowest BCUT2D eigenvalue weighted by Gasteiger charge is -2.34. The summed E-state index contributed by atoms with van der Waals surface area (Å²) in [6.07, 6.45) is 0. The van der Waals surface area contributed by atoms with Gasteiger partial charge < -0.3 is 14.5 Å². The molecule has 0 atom stereocenters. The Bertz CT molecular complexity index is 748. The molecule has 6 heteroatoms. The van der Waals surface area contributed by atoms with Crippen LogP contribution in [0.5, 0.6) is 5.75 Å². The van der Waals surface area contributed by atoms with E-state index in [4.69, 9.17) is 4.74 Å². The molecule has 2 amide bonds. The molecule has 0 saturated carbocycles. The number of rotatable bonds is 3. The van der Waals surface area contributed by atoms with Crippen LogP contribution in [-0.4, -0.2) is 54.9 Å². The van der Waals surface area contributed by atoms with Gasteiger partial charge >= 0.3 is 0 Å². The third kappa shape index (κ3) is 3.43. The van der Waals surface area contributed by atoms with E-state index in [9.17, 15) is 9.59 Å². The third-order valence-electron chi connectivity index (χ3n) is 4.12. The predicted molar refractivity (Wildman–Crippen MR) is 93.9 cm³/mol. The summed E-state index contributed by atoms with van der Waals surface area (Å²) < 4.78 is 5.17. The zero-order valence-electron chi connectivity index (χ0n) is 13.8. The van der Waals surface area contributed by atoms with Crippen molar-refractivity contribution < 1.29 is 14.3 Å². The lowest BCUT2D eigenvalue weighted by molar-refractivity contribution is 0.0538. The van der Waals surface area contributed by atoms with E-state index in [1.165, 1.54) is 11.3 Å². The number of carbonyl (C=O) groups excluding carboxylic acids is 2. The molecule has 5 nitrogen and oxygen atoms in total. The van der Waals surface area contributed by atoms with Gasteiger partial charge in [0.1, 0.15) is 5.75 Å². The smallest absolute Gasteiger partial charge is 0.264 e. The van der Waals surface area contributed by atoms with Crippen molar-refractivity contribution in [2.24, 2.45) is 0 Å². The van der Waals surface area contributed by atoms with Gasteiger partial charge in [-0.15, -0.1) is 11.3 Å². The normalized spacial score (nSPS) is 14.6. The van der Waals surface area contributed by atoms with Crippen molar-refractivity contribution in [1.82, 2.24) is 9.80 Å². The minimum Gasteiger partial charge on any atom is -0.497 e. The Balaban J connectivity index is 1.62. The number of benzene rings is 1. The van der Waals surface area contributed by atoms with Crippen LogP contribution in [0.15, 0.2) is 36.4 Å². The molecule has 0 radical (unpaired) electrons. The first-order valence-electron chi connectivity index (χ1n) is 7.87. The van der Waals surface area contributed by atoms with E-state index in [2.05, 4.69) is 0 Å². The molecule has 24 heavy (non-hydrogen) atoms. The molecule has 0 unspecified atom stereocenters. The molecule has 3 rings (SSSR count). The number of carbonyl (C=O) groups is 2. The fraction of sp³-hybridized carbons (Fsp3) is 0.333. The van der Waals surface area contributed by atoms with Crippen molar-refractivity contribution in [3.8, 4) is 5.75 Å². The fourth-order valence-corrected chi connectivity index (χ4v) is 3.59. The zero-order valence-corrected chi connectivity index (χ0v) is 14.6. The molecule has 1 aromatic heterocycles. The van der Waals surface area contributed by atoms with E-state index in [0.29, 0.717) is 37.5 Å². The number of nitrogens with zero attached hydrogens (tertiary/aromatic N) is 2. The van der Waals surface area contributed by atoms with Gasteiger partial charge in [-0.3, -0.25) is 9.59 Å². The summed E-state index contributed by atoms with van der Waals surface area (Å²) in [7, 11) is 1.58. The maximum absolute atomic E-state index is 12.6. The Kier molecular flexibility index (Phi) is 4.85. The van der Waals surface area contributed by atoms with Gasteiger partial charge in [0.15, 0.2) is 0 Å². The SMILES string of the molecule is COc1cccc(C(=O)N2CCN(C(=O)c3ccc(C)s3)CC2)c1. The highest BCUT2D eigenvalue weighted by molar-refractivity contribution is 7.13. The largest absolute Gasteiger partial charge is 0.497 e. The van der Waals surface area contributed by atoms with E-state index in [-0.39, 0.29) is 11.8 Å². The Hall–Kier alpha value is -2.34. The van der Waals surface area contributed by atoms with Crippen LogP contribution in [0.1, 0.15) is 24.9 Å². The summed E-state index contributed by atoms with van der Waals surface area (Å²) in [4.78, 5) is 30.5. The molecular formula is C18H20N2O3S. The van der Waals surface area contributed by atoms with E-state index in [1.807, 2.05) is 36.1 Å². The molecule has 0 N–H and O–H groups in total. The Labute approximate surface area is 145 Å². The molecule has 1 aliphatic rings. The third-order valence-corrected chi connectivity index (χ3v) is 5.11. The summed E-state index contributed by atoms with van der Waals surface area (Å²) in [5.74, 6) is 0.706. The molecule has 1 aromatic carbocycles. The van der Waals surface area contributed by atoms with Crippen LogP contribution in [0.25, 0.3) is 0 Å². The van der Waals surface area contributed by atoms with Gasteiger partial charge in [-0.2, -0.15) is 0 Å². The number of ether oxygens (including phenoxy) is 1. The second kappa shape index (κ2) is 7.05. The van der Waals surface area contributed by atoms with Crippen molar-refractivity contribution in [1.29, 1.82) is 0 Å². The molecule has 0 aliphatic carbocycles. The van der Waals surface area contributed by atoms with Gasteiger partial charge in [-0.1, -0.05) is 6.07 Å². The Morgan fingerprint density at radius 2 is 1.67 bits per heavy atom. The van der Waals surface area contributed by atoms with Crippen LogP contribution in [0, 0.1) is 6.92 Å². The molecule has 0 bridgehead atoms. The minimum absolute atomic E-state index is 0.0204. The Morgan fingerprint density at radius 1 is 1.00 bits per heavy atom. The van der Waals surface area contributed by atoms with Crippen LogP contribution >= 0.6 is 11.3 Å². The summed E-state index contributed by atoms with van der Waals surface area (Å²) in [6.45, 7) is 4.21. The van der Waals surface area contributed by atoms with Crippen LogP contribution in [-0.2, 0) is 0 Å². The quantitative estimate of drug-likeness (QED) is 0.860. The van der Waals surface area contributed by atoms with Crippen molar-refractivity contribution >= 4 is 23.2 Å². The summed E-state index contributed by atoms with van der Waals surface area (Å²) in [6, 6.07) is 11.0. The summed E-state index contributed by atoms with van der Waals surface area (Å²) in [5.41, 5.74) is 0.614. The maximum atomic E-state index is 12.6. The molecule has 126 valence electrons. The maximum Gasteiger partial charge on any atom is 0.264 e. The van der Waals surface area contributed by atoms with Crippen molar-refractivity contribution in [3.63, 3.8) is 0 Å². The molecule has 1 aliphatic heterocycles. The number of aryl methyl sites for hydroxylation is 1. The van der Waals surface area contributed by atoms with Crippen LogP contribution in [0.3, 0.4) is 0 Å². The molecule has 2 heterocycles. The second-order valence-electron chi connectivity index (χ2n) is 5.73. The van der Waals surface area contributed by atoms with Gasteiger partial charge in [0, 0.05) is 36.6 Å². The number of methoxy groups -OCH3 is 1. The van der Waals surface area contributed by atoms with Gasteiger partial charge in [-0.25, -0.2) is 0 Å². The first kappa shape index (κ1) is 16.5. The lowest BCUT2D eigenvalue weighted by Crippen LogP contribution is -2.50. The molecule has 0 spiro atoms. The lowest BCUT2D eigenvalue weighted by atomic mass is 10.1. The molecule has 1 fully saturated rings. The average molecular weight is 344 g/mol. The summed E-state index contributed by atoms with van der Waals surface area (Å²) >= 11 is 1.51. The van der Waals surface area contributed by atoms with Crippen LogP contribution in [0.2, 0.25) is 0 Å². The monoisotopic (exact) mass is 344 g/mol. The van der Waals surface area contributed by atoms with Gasteiger partial charge in [0.2, 0.25) is 0 Å². The second-order valence-corrected chi connectivity index (χ2v) is 7.01. The number of hydrogen-bond donors (Lipinski definition) is 0. The van der Waals surface area contributed by atoms with Crippen molar-refractivity contribution in [2.75, 3.05) is 33.3 Å². The molecular weight excluding hydrogens is 324 g/mol. The van der Waals surface area contributed by atoms with Gasteiger partial charge in [-0.05, 0) is 37.3 Å². The highest BCUT2D eigenvalue weighted by Gasteiger charge is 2.26. The first-order chi connectivity index (χ1) is 11.6. The average Bonchev–Trinajstić information content (AvgIpc) is 3.07. The molecule has 1 saturated heterocycles. The van der Waals surface area contributed by atoms with Crippen molar-refractivity contribution in [2.45, 2.75) is 6.92 Å². The highest BCUT2D eigenvalue weighted by atomic mass is 32.1. The standard InChI is InChI=1S/C18H20N2O3S/c1-13-6-7-16(24-13)18(22)20-10-8-19(9-11-20)17(21)14-4-3-5-15(12-14)23-2/h3-7,12H,8-11H2,1-2H3. The topological polar surface area (TPSA) is 49.9 Å². The fourth-order valence-electron chi connectivity index (χ4n) is 2.76. The number of thiophene rings is 1. The van der Waals surface area contributed by atoms with E-state index in [0.717, 1.165) is 9.75 Å². The summed E-state index contributed by atoms with van der Waals surface area (Å²) in [5, 5.41) is 0. The first-order valence-corrected chi connectivity index (χ1v) is 8.69. The van der Waals surface area contributed by atoms with Crippen molar-refractivity contribution in [3.05, 3.63) is 51.7 Å². The van der Waals surface area contributed by atoms with E-state index < -0.39 is 0 Å². The van der Waals surface area contributed by atoms with Gasteiger partial charge in [0.25, 0.3) is 11.8 Å². The van der Waals surface area contributed by atoms with Gasteiger partial charge in [0.05, 0.1) is 12.0 Å². The molecule has 2 aromatic rings. The van der Waals surface area contributed by atoms with Crippen LogP contribution in [0.4, 0.5) is 0 Å². The van der Waals surface area contributed by atoms with Crippen LogP contribution < -0.4 is 4.74 Å².